The molecule has 22 heavy (non-hydrogen) atoms. The Morgan fingerprint density at radius 3 is 2.91 bits per heavy atom. The monoisotopic (exact) mass is 304 g/mol. The van der Waals surface area contributed by atoms with Crippen molar-refractivity contribution in [3.05, 3.63) is 18.1 Å². The van der Waals surface area contributed by atoms with Gasteiger partial charge in [0, 0.05) is 5.82 Å². The molecule has 2 saturated heterocycles. The van der Waals surface area contributed by atoms with Crippen molar-refractivity contribution in [2.75, 3.05) is 6.61 Å². The highest BCUT2D eigenvalue weighted by Crippen LogP contribution is 2.57. The third-order valence-electron chi connectivity index (χ3n) is 4.14. The van der Waals surface area contributed by atoms with Gasteiger partial charge < -0.3 is 20.1 Å². The van der Waals surface area contributed by atoms with E-state index in [2.05, 4.69) is 9.97 Å². The van der Waals surface area contributed by atoms with Gasteiger partial charge in [0.05, 0.1) is 19.0 Å². The molecule has 0 spiro atoms. The van der Waals surface area contributed by atoms with Crippen LogP contribution in [0.1, 0.15) is 0 Å². The molecule has 113 valence electrons. The van der Waals surface area contributed by atoms with Gasteiger partial charge in [0.15, 0.2) is 23.9 Å². The van der Waals surface area contributed by atoms with Crippen molar-refractivity contribution in [2.24, 2.45) is 0 Å². The lowest BCUT2D eigenvalue weighted by molar-refractivity contribution is -0.0599. The third kappa shape index (κ3) is 1.50. The van der Waals surface area contributed by atoms with Crippen LogP contribution in [-0.4, -0.2) is 66.6 Å². The van der Waals surface area contributed by atoms with Crippen LogP contribution in [0.3, 0.4) is 0 Å². The van der Waals surface area contributed by atoms with E-state index in [4.69, 9.17) is 15.3 Å². The molecule has 0 bridgehead atoms. The molecular weight excluding hydrogens is 293 g/mol. The van der Waals surface area contributed by atoms with Gasteiger partial charge in [-0.15, -0.1) is 0 Å². The van der Waals surface area contributed by atoms with Gasteiger partial charge in [0.25, 0.3) is 0 Å². The molecule has 2 fully saturated rings. The van der Waals surface area contributed by atoms with Gasteiger partial charge in [-0.25, -0.2) is 19.3 Å². The lowest BCUT2D eigenvalue weighted by atomic mass is 9.93. The normalized spacial score (nSPS) is 32.7. The van der Waals surface area contributed by atoms with Crippen LogP contribution in [-0.2, 0) is 10.4 Å². The quantitative estimate of drug-likeness (QED) is 0.474. The Balaban J connectivity index is 1.84. The van der Waals surface area contributed by atoms with Crippen molar-refractivity contribution in [1.82, 2.24) is 19.1 Å². The number of carboxylic acid groups (broad SMARTS) is 1. The molecule has 0 amide bonds. The first-order chi connectivity index (χ1) is 10.5. The number of imidazole rings is 1. The summed E-state index contributed by atoms with van der Waals surface area (Å²) in [7, 11) is 1.76. The van der Waals surface area contributed by atoms with Crippen LogP contribution in [0.15, 0.2) is 12.7 Å². The summed E-state index contributed by atoms with van der Waals surface area (Å²) >= 11 is 0. The van der Waals surface area contributed by atoms with E-state index in [9.17, 15) is 15.0 Å². The zero-order valence-electron chi connectivity index (χ0n) is 11.1. The topological polar surface area (TPSA) is 146 Å². The zero-order valence-corrected chi connectivity index (χ0v) is 11.1. The second-order valence-corrected chi connectivity index (χ2v) is 5.31. The number of aromatic nitrogens is 4. The minimum Gasteiger partial charge on any atom is -0.464 e. The van der Waals surface area contributed by atoms with Gasteiger partial charge in [-0.3, -0.25) is 9.98 Å². The van der Waals surface area contributed by atoms with Gasteiger partial charge in [0.2, 0.25) is 0 Å². The highest BCUT2D eigenvalue weighted by atomic mass is 16.6. The summed E-state index contributed by atoms with van der Waals surface area (Å²) in [5, 5.41) is 36.1. The minimum atomic E-state index is -1.32. The largest absolute Gasteiger partial charge is 0.464 e. The average molecular weight is 304 g/mol. The molecule has 2 aliphatic rings. The summed E-state index contributed by atoms with van der Waals surface area (Å²) < 4.78 is 7.91. The molecule has 0 aliphatic carbocycles. The number of carbonyl (C=O) groups is 1. The number of nitrogens with zero attached hydrogens (tertiary/aromatic N) is 4. The third-order valence-corrected chi connectivity index (χ3v) is 4.14. The van der Waals surface area contributed by atoms with E-state index >= 15 is 0 Å². The van der Waals surface area contributed by atoms with Crippen molar-refractivity contribution in [2.45, 2.75) is 23.6 Å². The average Bonchev–Trinajstić information content (AvgIpc) is 2.91. The Kier molecular flexibility index (Phi) is 2.53. The van der Waals surface area contributed by atoms with E-state index in [0.717, 1.165) is 6.33 Å². The first kappa shape index (κ1) is 13.4. The van der Waals surface area contributed by atoms with E-state index < -0.39 is 23.9 Å². The maximum absolute atomic E-state index is 11.0. The zero-order chi connectivity index (χ0) is 15.6. The molecule has 2 aliphatic heterocycles. The van der Waals surface area contributed by atoms with Crippen molar-refractivity contribution in [3.63, 3.8) is 0 Å². The van der Waals surface area contributed by atoms with E-state index in [1.165, 1.54) is 6.33 Å². The number of nitrogens with one attached hydrogen (secondary N) is 1. The maximum atomic E-state index is 11.0. The Hall–Kier alpha value is -2.24. The van der Waals surface area contributed by atoms with Crippen LogP contribution in [0, 0.1) is 5.41 Å². The highest BCUT2D eigenvalue weighted by molar-refractivity contribution is 6.55. The molecular formula is C11H11BN5O5. The molecule has 0 unspecified atom stereocenters. The number of rotatable bonds is 2. The number of aliphatic hydroxyl groups excluding tert-OH is 2. The van der Waals surface area contributed by atoms with Crippen LogP contribution in [0.2, 0.25) is 5.82 Å². The summed E-state index contributed by atoms with van der Waals surface area (Å²) in [5.41, 5.74) is -0.853. The van der Waals surface area contributed by atoms with E-state index in [1.807, 2.05) is 0 Å². The van der Waals surface area contributed by atoms with Crippen LogP contribution in [0.4, 0.5) is 4.79 Å². The Morgan fingerprint density at radius 2 is 2.27 bits per heavy atom. The first-order valence-electron chi connectivity index (χ1n) is 6.55. The van der Waals surface area contributed by atoms with Gasteiger partial charge in [-0.1, -0.05) is 0 Å². The Labute approximate surface area is 123 Å². The molecule has 4 rings (SSSR count). The number of aliphatic hydroxyl groups is 2. The molecule has 10 nitrogen and oxygen atoms in total. The lowest BCUT2D eigenvalue weighted by Gasteiger charge is -2.20. The summed E-state index contributed by atoms with van der Waals surface area (Å²) in [5.74, 6) is -0.301. The standard InChI is InChI=1S/C11H11BN5O5/c13-8-5-9(15-2-16(8)10(20)21)17(3-14-5)11-7(12-11)6(19)4(1-18)22-11/h2-4,6-7,13,18-19H,1H2,(H,20,21)/t4-,6-,7-,11+/m1/s1. The van der Waals surface area contributed by atoms with Crippen LogP contribution in [0.5, 0.6) is 0 Å². The van der Waals surface area contributed by atoms with Gasteiger partial charge in [-0.05, 0) is 0 Å². The molecule has 0 saturated carbocycles. The molecule has 2 aromatic heterocycles. The van der Waals surface area contributed by atoms with Gasteiger partial charge in [0.1, 0.15) is 18.1 Å². The van der Waals surface area contributed by atoms with Crippen molar-refractivity contribution in [1.29, 1.82) is 5.41 Å². The van der Waals surface area contributed by atoms with E-state index in [1.54, 1.807) is 11.8 Å². The number of hydrogen-bond acceptors (Lipinski definition) is 7. The molecule has 0 aromatic carbocycles. The smallest absolute Gasteiger partial charge is 0.418 e. The SMILES string of the molecule is N=c1c2ncn([C@@]34[B][C@@H]3[C@H](O)[C@@H](CO)O4)c2ncn1C(=O)O. The van der Waals surface area contributed by atoms with Crippen molar-refractivity contribution >= 4 is 24.5 Å². The van der Waals surface area contributed by atoms with Gasteiger partial charge >= 0.3 is 6.09 Å². The molecule has 4 N–H and O–H groups in total. The summed E-state index contributed by atoms with van der Waals surface area (Å²) in [6, 6.07) is 0. The van der Waals surface area contributed by atoms with E-state index in [0.29, 0.717) is 4.57 Å². The van der Waals surface area contributed by atoms with Crippen molar-refractivity contribution in [3.8, 4) is 0 Å². The number of ether oxygens (including phenoxy) is 1. The summed E-state index contributed by atoms with van der Waals surface area (Å²) in [4.78, 5) is 19.1. The summed E-state index contributed by atoms with van der Waals surface area (Å²) in [6.07, 6.45) is -0.434. The minimum absolute atomic E-state index is 0.115. The molecule has 4 atom stereocenters. The predicted octanol–water partition coefficient (Wildman–Crippen LogP) is -1.89. The molecule has 1 radical (unpaired) electrons. The fourth-order valence-electron chi connectivity index (χ4n) is 2.97. The molecule has 11 heteroatoms. The Bertz CT molecular complexity index is 849. The first-order valence-corrected chi connectivity index (χ1v) is 6.55. The highest BCUT2D eigenvalue weighted by Gasteiger charge is 2.69. The number of fused-ring (bicyclic) bond motifs is 2. The predicted molar refractivity (Wildman–Crippen MR) is 70.2 cm³/mol. The van der Waals surface area contributed by atoms with Crippen LogP contribution < -0.4 is 5.49 Å². The van der Waals surface area contributed by atoms with Crippen LogP contribution >= 0.6 is 0 Å². The lowest BCUT2D eigenvalue weighted by Crippen LogP contribution is -2.32. The van der Waals surface area contributed by atoms with Crippen LogP contribution in [0.25, 0.3) is 11.2 Å². The second-order valence-electron chi connectivity index (χ2n) is 5.31. The molecule has 4 heterocycles. The van der Waals surface area contributed by atoms with E-state index in [-0.39, 0.29) is 29.1 Å². The molecule has 2 aromatic rings. The fourth-order valence-corrected chi connectivity index (χ4v) is 2.97. The number of hydrogen-bond donors (Lipinski definition) is 4. The second kappa shape index (κ2) is 4.15. The van der Waals surface area contributed by atoms with Gasteiger partial charge in [-0.2, -0.15) is 0 Å². The fraction of sp³-hybridized carbons (Fsp3) is 0.455. The maximum Gasteiger partial charge on any atom is 0.418 e. The van der Waals surface area contributed by atoms with Crippen molar-refractivity contribution < 1.29 is 24.9 Å². The summed E-state index contributed by atoms with van der Waals surface area (Å²) in [6.45, 7) is -0.310. The Morgan fingerprint density at radius 1 is 1.50 bits per heavy atom.